The molecule has 1 fully saturated rings. The first-order valence-corrected chi connectivity index (χ1v) is 5.55. The van der Waals surface area contributed by atoms with Crippen LogP contribution in [0.25, 0.3) is 0 Å². The normalized spacial score (nSPS) is 20.0. The Morgan fingerprint density at radius 2 is 1.93 bits per heavy atom. The van der Waals surface area contributed by atoms with Gasteiger partial charge in [0.05, 0.1) is 6.61 Å². The van der Waals surface area contributed by atoms with Gasteiger partial charge >= 0.3 is 0 Å². The van der Waals surface area contributed by atoms with Crippen molar-refractivity contribution < 1.29 is 5.11 Å². The summed E-state index contributed by atoms with van der Waals surface area (Å²) in [6.07, 6.45) is 0. The second-order valence-corrected chi connectivity index (χ2v) is 4.13. The number of rotatable bonds is 3. The van der Waals surface area contributed by atoms with E-state index in [9.17, 15) is 0 Å². The SMILES string of the molecule is CC(C)N=C(N)N1CCN(CCO)CC1. The van der Waals surface area contributed by atoms with Crippen LogP contribution in [0, 0.1) is 0 Å². The molecule has 0 unspecified atom stereocenters. The molecule has 5 nitrogen and oxygen atoms in total. The minimum atomic E-state index is 0.232. The Bertz CT molecular complexity index is 209. The predicted molar refractivity (Wildman–Crippen MR) is 61.9 cm³/mol. The zero-order chi connectivity index (χ0) is 11.3. The maximum atomic E-state index is 8.81. The quantitative estimate of drug-likeness (QED) is 0.482. The largest absolute Gasteiger partial charge is 0.395 e. The van der Waals surface area contributed by atoms with E-state index in [0.29, 0.717) is 5.96 Å². The first-order chi connectivity index (χ1) is 7.13. The number of guanidine groups is 1. The maximum Gasteiger partial charge on any atom is 0.191 e. The lowest BCUT2D eigenvalue weighted by atomic mass is 10.3. The van der Waals surface area contributed by atoms with Crippen LogP contribution in [-0.4, -0.2) is 66.2 Å². The number of piperazine rings is 1. The number of nitrogens with two attached hydrogens (primary N) is 1. The number of hydrogen-bond donors (Lipinski definition) is 2. The van der Waals surface area contributed by atoms with Crippen molar-refractivity contribution in [1.29, 1.82) is 0 Å². The van der Waals surface area contributed by atoms with Crippen molar-refractivity contribution in [2.45, 2.75) is 19.9 Å². The second-order valence-electron chi connectivity index (χ2n) is 4.13. The standard InChI is InChI=1S/C10H22N4O/c1-9(2)12-10(11)14-5-3-13(4-6-14)7-8-15/h9,15H,3-8H2,1-2H3,(H2,11,12). The first-order valence-electron chi connectivity index (χ1n) is 5.55. The number of nitrogens with zero attached hydrogens (tertiary/aromatic N) is 3. The molecule has 1 aliphatic heterocycles. The maximum absolute atomic E-state index is 8.81. The lowest BCUT2D eigenvalue weighted by molar-refractivity contribution is 0.146. The molecule has 0 bridgehead atoms. The summed E-state index contributed by atoms with van der Waals surface area (Å²) in [6, 6.07) is 0.250. The molecule has 1 rings (SSSR count). The van der Waals surface area contributed by atoms with E-state index in [0.717, 1.165) is 32.7 Å². The van der Waals surface area contributed by atoms with E-state index in [-0.39, 0.29) is 12.6 Å². The molecule has 0 saturated carbocycles. The van der Waals surface area contributed by atoms with Crippen molar-refractivity contribution in [3.05, 3.63) is 0 Å². The van der Waals surface area contributed by atoms with Gasteiger partial charge in [0.25, 0.3) is 0 Å². The van der Waals surface area contributed by atoms with Crippen molar-refractivity contribution in [3.8, 4) is 0 Å². The van der Waals surface area contributed by atoms with Gasteiger partial charge in [0.1, 0.15) is 0 Å². The number of hydrogen-bond acceptors (Lipinski definition) is 3. The zero-order valence-corrected chi connectivity index (χ0v) is 9.69. The van der Waals surface area contributed by atoms with Gasteiger partial charge in [0.15, 0.2) is 5.96 Å². The number of aliphatic imine (C=N–C) groups is 1. The lowest BCUT2D eigenvalue weighted by Crippen LogP contribution is -2.51. The summed E-state index contributed by atoms with van der Waals surface area (Å²) >= 11 is 0. The van der Waals surface area contributed by atoms with Gasteiger partial charge in [-0.1, -0.05) is 0 Å². The van der Waals surface area contributed by atoms with Crippen LogP contribution in [0.15, 0.2) is 4.99 Å². The van der Waals surface area contributed by atoms with Gasteiger partial charge in [-0.15, -0.1) is 0 Å². The highest BCUT2D eigenvalue weighted by Crippen LogP contribution is 2.01. The minimum Gasteiger partial charge on any atom is -0.395 e. The molecule has 0 spiro atoms. The number of β-amino-alcohol motifs (C(OH)–C–C–N with tert-alkyl or cyclic N) is 1. The molecule has 1 heterocycles. The van der Waals surface area contributed by atoms with Gasteiger partial charge in [0.2, 0.25) is 0 Å². The molecule has 3 N–H and O–H groups in total. The smallest absolute Gasteiger partial charge is 0.191 e. The number of aliphatic hydroxyl groups excluding tert-OH is 1. The second kappa shape index (κ2) is 5.92. The topological polar surface area (TPSA) is 65.1 Å². The third-order valence-electron chi connectivity index (χ3n) is 2.50. The van der Waals surface area contributed by atoms with Crippen molar-refractivity contribution >= 4 is 5.96 Å². The first kappa shape index (κ1) is 12.3. The Hall–Kier alpha value is -0.810. The summed E-state index contributed by atoms with van der Waals surface area (Å²) < 4.78 is 0. The Morgan fingerprint density at radius 3 is 2.40 bits per heavy atom. The molecule has 15 heavy (non-hydrogen) atoms. The van der Waals surface area contributed by atoms with E-state index in [1.165, 1.54) is 0 Å². The summed E-state index contributed by atoms with van der Waals surface area (Å²) in [5.74, 6) is 0.647. The van der Waals surface area contributed by atoms with Gasteiger partial charge in [-0.25, -0.2) is 0 Å². The van der Waals surface area contributed by atoms with E-state index in [1.807, 2.05) is 13.8 Å². The van der Waals surface area contributed by atoms with E-state index in [1.54, 1.807) is 0 Å². The molecule has 0 amide bonds. The minimum absolute atomic E-state index is 0.232. The molecule has 0 radical (unpaired) electrons. The molecule has 5 heteroatoms. The lowest BCUT2D eigenvalue weighted by Gasteiger charge is -2.35. The van der Waals surface area contributed by atoms with Gasteiger partial charge in [0, 0.05) is 38.8 Å². The Balaban J connectivity index is 2.36. The fourth-order valence-electron chi connectivity index (χ4n) is 1.69. The van der Waals surface area contributed by atoms with Crippen LogP contribution in [0.4, 0.5) is 0 Å². The van der Waals surface area contributed by atoms with Crippen LogP contribution in [0.1, 0.15) is 13.8 Å². The van der Waals surface area contributed by atoms with E-state index in [2.05, 4.69) is 14.8 Å². The van der Waals surface area contributed by atoms with Crippen LogP contribution in [0.5, 0.6) is 0 Å². The van der Waals surface area contributed by atoms with E-state index < -0.39 is 0 Å². The summed E-state index contributed by atoms with van der Waals surface area (Å²) in [5, 5.41) is 8.81. The van der Waals surface area contributed by atoms with Gasteiger partial charge in [-0.3, -0.25) is 9.89 Å². The third-order valence-corrected chi connectivity index (χ3v) is 2.50. The summed E-state index contributed by atoms with van der Waals surface area (Å²) in [5.41, 5.74) is 5.88. The van der Waals surface area contributed by atoms with Crippen LogP contribution in [0.3, 0.4) is 0 Å². The Morgan fingerprint density at radius 1 is 1.33 bits per heavy atom. The van der Waals surface area contributed by atoms with Crippen LogP contribution < -0.4 is 5.73 Å². The summed E-state index contributed by atoms with van der Waals surface area (Å²) in [6.45, 7) is 8.75. The fraction of sp³-hybridized carbons (Fsp3) is 0.900. The fourth-order valence-corrected chi connectivity index (χ4v) is 1.69. The van der Waals surface area contributed by atoms with E-state index in [4.69, 9.17) is 10.8 Å². The molecular formula is C10H22N4O. The molecule has 1 saturated heterocycles. The zero-order valence-electron chi connectivity index (χ0n) is 9.69. The highest BCUT2D eigenvalue weighted by Gasteiger charge is 2.17. The average molecular weight is 214 g/mol. The highest BCUT2D eigenvalue weighted by molar-refractivity contribution is 5.78. The average Bonchev–Trinajstić information content (AvgIpc) is 2.18. The van der Waals surface area contributed by atoms with E-state index >= 15 is 0 Å². The predicted octanol–water partition coefficient (Wildman–Crippen LogP) is -0.681. The van der Waals surface area contributed by atoms with Crippen LogP contribution in [0.2, 0.25) is 0 Å². The Kier molecular flexibility index (Phi) is 4.84. The molecule has 0 aromatic rings. The van der Waals surface area contributed by atoms with Crippen molar-refractivity contribution in [3.63, 3.8) is 0 Å². The van der Waals surface area contributed by atoms with Crippen LogP contribution >= 0.6 is 0 Å². The summed E-state index contributed by atoms with van der Waals surface area (Å²) in [7, 11) is 0. The van der Waals surface area contributed by atoms with Gasteiger partial charge in [-0.2, -0.15) is 0 Å². The van der Waals surface area contributed by atoms with Gasteiger partial charge < -0.3 is 15.7 Å². The van der Waals surface area contributed by atoms with Crippen molar-refractivity contribution in [1.82, 2.24) is 9.80 Å². The number of aliphatic hydroxyl groups is 1. The molecule has 0 atom stereocenters. The molecule has 0 aromatic heterocycles. The summed E-state index contributed by atoms with van der Waals surface area (Å²) in [4.78, 5) is 8.66. The monoisotopic (exact) mass is 214 g/mol. The van der Waals surface area contributed by atoms with Crippen molar-refractivity contribution in [2.75, 3.05) is 39.3 Å². The molecule has 0 aliphatic carbocycles. The van der Waals surface area contributed by atoms with Crippen LogP contribution in [-0.2, 0) is 0 Å². The third kappa shape index (κ3) is 4.05. The molecular weight excluding hydrogens is 192 g/mol. The highest BCUT2D eigenvalue weighted by atomic mass is 16.3. The molecule has 0 aromatic carbocycles. The van der Waals surface area contributed by atoms with Crippen molar-refractivity contribution in [2.24, 2.45) is 10.7 Å². The molecule has 1 aliphatic rings. The Labute approximate surface area is 91.6 Å². The molecule has 88 valence electrons. The van der Waals surface area contributed by atoms with Gasteiger partial charge in [-0.05, 0) is 13.8 Å².